The highest BCUT2D eigenvalue weighted by atomic mass is 16.4. The Bertz CT molecular complexity index is 460. The predicted octanol–water partition coefficient (Wildman–Crippen LogP) is 2.27. The molecule has 1 atom stereocenters. The lowest BCUT2D eigenvalue weighted by molar-refractivity contribution is -0.138. The van der Waals surface area contributed by atoms with E-state index in [2.05, 4.69) is 15.3 Å². The largest absolute Gasteiger partial charge is 0.480 e. The fourth-order valence-electron chi connectivity index (χ4n) is 2.50. The van der Waals surface area contributed by atoms with E-state index in [0.717, 1.165) is 36.9 Å². The average Bonchev–Trinajstić information content (AvgIpc) is 2.37. The Balaban J connectivity index is 2.19. The van der Waals surface area contributed by atoms with E-state index in [-0.39, 0.29) is 0 Å². The van der Waals surface area contributed by atoms with E-state index in [1.54, 1.807) is 0 Å². The number of carboxylic acid groups (broad SMARTS) is 1. The normalized spacial score (nSPS) is 15.9. The third kappa shape index (κ3) is 3.43. The Morgan fingerprint density at radius 3 is 2.79 bits per heavy atom. The molecule has 0 aliphatic heterocycles. The lowest BCUT2D eigenvalue weighted by Crippen LogP contribution is -2.32. The van der Waals surface area contributed by atoms with Gasteiger partial charge in [-0.05, 0) is 38.0 Å². The van der Waals surface area contributed by atoms with Crippen LogP contribution in [0.5, 0.6) is 0 Å². The van der Waals surface area contributed by atoms with E-state index in [0.29, 0.717) is 18.2 Å². The Kier molecular flexibility index (Phi) is 4.35. The Morgan fingerprint density at radius 2 is 2.11 bits per heavy atom. The summed E-state index contributed by atoms with van der Waals surface area (Å²) < 4.78 is 0. The number of hydrogen-bond donors (Lipinski definition) is 2. The highest BCUT2D eigenvalue weighted by Crippen LogP contribution is 2.25. The maximum absolute atomic E-state index is 11.3. The van der Waals surface area contributed by atoms with Gasteiger partial charge in [-0.25, -0.2) is 14.8 Å². The molecule has 0 saturated carbocycles. The molecule has 0 saturated heterocycles. The lowest BCUT2D eigenvalue weighted by Gasteiger charge is -2.22. The molecule has 0 radical (unpaired) electrons. The monoisotopic (exact) mass is 263 g/mol. The van der Waals surface area contributed by atoms with Crippen LogP contribution >= 0.6 is 0 Å². The summed E-state index contributed by atoms with van der Waals surface area (Å²) in [4.78, 5) is 19.8. The van der Waals surface area contributed by atoms with Crippen molar-refractivity contribution in [2.45, 2.75) is 52.0 Å². The highest BCUT2D eigenvalue weighted by molar-refractivity contribution is 5.77. The third-order valence-electron chi connectivity index (χ3n) is 3.44. The Hall–Kier alpha value is -1.65. The molecule has 0 amide bonds. The quantitative estimate of drug-likeness (QED) is 0.852. The number of aryl methyl sites for hydroxylation is 1. The van der Waals surface area contributed by atoms with Crippen LogP contribution in [0.4, 0.5) is 5.82 Å². The average molecular weight is 263 g/mol. The molecule has 2 rings (SSSR count). The van der Waals surface area contributed by atoms with Gasteiger partial charge in [-0.2, -0.15) is 0 Å². The molecular weight excluding hydrogens is 242 g/mol. The molecule has 0 spiro atoms. The number of nitrogens with one attached hydrogen (secondary N) is 1. The van der Waals surface area contributed by atoms with Crippen molar-refractivity contribution in [1.82, 2.24) is 9.97 Å². The molecule has 1 aromatic heterocycles. The van der Waals surface area contributed by atoms with Gasteiger partial charge in [0.25, 0.3) is 0 Å². The minimum Gasteiger partial charge on any atom is -0.480 e. The minimum atomic E-state index is -0.822. The van der Waals surface area contributed by atoms with Gasteiger partial charge in [-0.1, -0.05) is 13.8 Å². The summed E-state index contributed by atoms with van der Waals surface area (Å²) in [5.41, 5.74) is 2.17. The van der Waals surface area contributed by atoms with Crippen LogP contribution < -0.4 is 5.32 Å². The van der Waals surface area contributed by atoms with Crippen LogP contribution in [0.25, 0.3) is 0 Å². The van der Waals surface area contributed by atoms with Crippen molar-refractivity contribution in [3.8, 4) is 0 Å². The van der Waals surface area contributed by atoms with Crippen LogP contribution in [0, 0.1) is 5.92 Å². The molecule has 2 N–H and O–H groups in total. The smallest absolute Gasteiger partial charge is 0.326 e. The van der Waals surface area contributed by atoms with Crippen molar-refractivity contribution in [2.75, 3.05) is 5.32 Å². The van der Waals surface area contributed by atoms with E-state index in [1.165, 1.54) is 6.33 Å². The summed E-state index contributed by atoms with van der Waals surface area (Å²) in [5, 5.41) is 12.4. The maximum atomic E-state index is 11.3. The summed E-state index contributed by atoms with van der Waals surface area (Å²) in [5.74, 6) is 0.209. The predicted molar refractivity (Wildman–Crippen MR) is 73.2 cm³/mol. The standard InChI is InChI=1S/C14H21N3O2/c1-9(2)7-12(14(18)19)17-13-10-5-3-4-6-11(10)15-8-16-13/h8-9,12H,3-7H2,1-2H3,(H,18,19)(H,15,16,17). The number of carbonyl (C=O) groups is 1. The molecule has 5 heteroatoms. The van der Waals surface area contributed by atoms with Crippen LogP contribution in [-0.4, -0.2) is 27.1 Å². The zero-order chi connectivity index (χ0) is 13.8. The van der Waals surface area contributed by atoms with E-state index in [1.807, 2.05) is 13.8 Å². The maximum Gasteiger partial charge on any atom is 0.326 e. The molecule has 0 aromatic carbocycles. The topological polar surface area (TPSA) is 75.1 Å². The summed E-state index contributed by atoms with van der Waals surface area (Å²) in [6, 6.07) is -0.582. The zero-order valence-corrected chi connectivity index (χ0v) is 11.5. The molecule has 1 aliphatic carbocycles. The van der Waals surface area contributed by atoms with E-state index in [9.17, 15) is 9.90 Å². The zero-order valence-electron chi connectivity index (χ0n) is 11.5. The van der Waals surface area contributed by atoms with Gasteiger partial charge in [0.15, 0.2) is 0 Å². The van der Waals surface area contributed by atoms with Gasteiger partial charge in [0.1, 0.15) is 18.2 Å². The molecule has 19 heavy (non-hydrogen) atoms. The highest BCUT2D eigenvalue weighted by Gasteiger charge is 2.22. The molecule has 1 aliphatic rings. The third-order valence-corrected chi connectivity index (χ3v) is 3.44. The number of hydrogen-bond acceptors (Lipinski definition) is 4. The molecule has 104 valence electrons. The van der Waals surface area contributed by atoms with E-state index in [4.69, 9.17) is 0 Å². The number of aromatic nitrogens is 2. The first-order valence-electron chi connectivity index (χ1n) is 6.90. The second kappa shape index (κ2) is 5.99. The van der Waals surface area contributed by atoms with Crippen molar-refractivity contribution in [3.63, 3.8) is 0 Å². The fourth-order valence-corrected chi connectivity index (χ4v) is 2.50. The van der Waals surface area contributed by atoms with Gasteiger partial charge < -0.3 is 10.4 Å². The lowest BCUT2D eigenvalue weighted by atomic mass is 9.96. The summed E-state index contributed by atoms with van der Waals surface area (Å²) in [6.45, 7) is 4.04. The first-order chi connectivity index (χ1) is 9.08. The molecule has 5 nitrogen and oxygen atoms in total. The SMILES string of the molecule is CC(C)CC(Nc1ncnc2c1CCCC2)C(=O)O. The Labute approximate surface area is 113 Å². The Morgan fingerprint density at radius 1 is 1.37 bits per heavy atom. The van der Waals surface area contributed by atoms with Gasteiger partial charge in [0.2, 0.25) is 0 Å². The van der Waals surface area contributed by atoms with Gasteiger partial charge in [0.05, 0.1) is 0 Å². The van der Waals surface area contributed by atoms with Crippen LogP contribution in [0.1, 0.15) is 44.4 Å². The number of carboxylic acids is 1. The number of anilines is 1. The number of fused-ring (bicyclic) bond motifs is 1. The van der Waals surface area contributed by atoms with Crippen LogP contribution in [0.15, 0.2) is 6.33 Å². The molecule has 0 bridgehead atoms. The second-order valence-corrected chi connectivity index (χ2v) is 5.52. The number of aliphatic carboxylic acids is 1. The van der Waals surface area contributed by atoms with Crippen molar-refractivity contribution in [3.05, 3.63) is 17.6 Å². The van der Waals surface area contributed by atoms with Gasteiger partial charge in [-0.15, -0.1) is 0 Å². The summed E-state index contributed by atoms with van der Waals surface area (Å²) in [6.07, 6.45) is 6.30. The van der Waals surface area contributed by atoms with E-state index < -0.39 is 12.0 Å². The van der Waals surface area contributed by atoms with Crippen molar-refractivity contribution >= 4 is 11.8 Å². The van der Waals surface area contributed by atoms with Crippen molar-refractivity contribution in [1.29, 1.82) is 0 Å². The first-order valence-corrected chi connectivity index (χ1v) is 6.90. The molecule has 1 unspecified atom stereocenters. The fraction of sp³-hybridized carbons (Fsp3) is 0.643. The van der Waals surface area contributed by atoms with Crippen molar-refractivity contribution < 1.29 is 9.90 Å². The van der Waals surface area contributed by atoms with Crippen LogP contribution in [-0.2, 0) is 17.6 Å². The number of rotatable bonds is 5. The van der Waals surface area contributed by atoms with Crippen LogP contribution in [0.3, 0.4) is 0 Å². The van der Waals surface area contributed by atoms with Gasteiger partial charge >= 0.3 is 5.97 Å². The van der Waals surface area contributed by atoms with Gasteiger partial charge in [0, 0.05) is 11.3 Å². The molecular formula is C14H21N3O2. The molecule has 0 fully saturated rings. The first kappa shape index (κ1) is 13.8. The minimum absolute atomic E-state index is 0.325. The second-order valence-electron chi connectivity index (χ2n) is 5.52. The van der Waals surface area contributed by atoms with Gasteiger partial charge in [-0.3, -0.25) is 0 Å². The molecule has 1 aromatic rings. The van der Waals surface area contributed by atoms with Crippen LogP contribution in [0.2, 0.25) is 0 Å². The van der Waals surface area contributed by atoms with Crippen molar-refractivity contribution in [2.24, 2.45) is 5.92 Å². The number of nitrogens with zero attached hydrogens (tertiary/aromatic N) is 2. The summed E-state index contributed by atoms with van der Waals surface area (Å²) >= 11 is 0. The van der Waals surface area contributed by atoms with E-state index >= 15 is 0 Å². The molecule has 1 heterocycles. The summed E-state index contributed by atoms with van der Waals surface area (Å²) in [7, 11) is 0.